The standard InChI is InChI=1S/C22H23ClN4O2S/c23-18-11-5-6-12-19(18)29-15-20-24-25-22(27(20)17-9-3-1-4-10-17)30-16-21(28)26-13-7-2-8-14-26/h1,3-6,9-12H,2,7-8,13-16H2. The van der Waals surface area contributed by atoms with Crippen molar-refractivity contribution in [3.63, 3.8) is 0 Å². The van der Waals surface area contributed by atoms with E-state index in [2.05, 4.69) is 10.2 Å². The van der Waals surface area contributed by atoms with E-state index >= 15 is 0 Å². The molecule has 1 aliphatic rings. The zero-order chi connectivity index (χ0) is 20.8. The molecular formula is C22H23ClN4O2S. The number of benzene rings is 2. The second kappa shape index (κ2) is 10.00. The van der Waals surface area contributed by atoms with Crippen molar-refractivity contribution in [2.45, 2.75) is 31.0 Å². The summed E-state index contributed by atoms with van der Waals surface area (Å²) in [6.45, 7) is 1.91. The number of hydrogen-bond acceptors (Lipinski definition) is 5. The van der Waals surface area contributed by atoms with Crippen LogP contribution in [0.2, 0.25) is 5.02 Å². The van der Waals surface area contributed by atoms with E-state index in [-0.39, 0.29) is 12.5 Å². The minimum atomic E-state index is 0.149. The summed E-state index contributed by atoms with van der Waals surface area (Å²) in [5.74, 6) is 1.73. The Kier molecular flexibility index (Phi) is 6.92. The van der Waals surface area contributed by atoms with Gasteiger partial charge in [0.15, 0.2) is 11.0 Å². The molecular weight excluding hydrogens is 420 g/mol. The fourth-order valence-corrected chi connectivity index (χ4v) is 4.45. The molecule has 2 aromatic carbocycles. The lowest BCUT2D eigenvalue weighted by molar-refractivity contribution is -0.129. The Balaban J connectivity index is 1.52. The summed E-state index contributed by atoms with van der Waals surface area (Å²) in [5, 5.41) is 9.88. The first-order valence-electron chi connectivity index (χ1n) is 10.00. The van der Waals surface area contributed by atoms with Gasteiger partial charge >= 0.3 is 0 Å². The van der Waals surface area contributed by atoms with Gasteiger partial charge in [0.1, 0.15) is 12.4 Å². The first-order chi connectivity index (χ1) is 14.7. The SMILES string of the molecule is O=C(CSc1nnc(COc2ccccc2Cl)n1-c1ccccc1)N1CCCCC1. The van der Waals surface area contributed by atoms with Gasteiger partial charge in [-0.25, -0.2) is 0 Å². The second-order valence-corrected chi connectivity index (χ2v) is 8.37. The lowest BCUT2D eigenvalue weighted by Gasteiger charge is -2.26. The van der Waals surface area contributed by atoms with Crippen molar-refractivity contribution in [1.29, 1.82) is 0 Å². The van der Waals surface area contributed by atoms with Crippen molar-refractivity contribution in [3.05, 3.63) is 65.4 Å². The largest absolute Gasteiger partial charge is 0.484 e. The van der Waals surface area contributed by atoms with Crippen LogP contribution in [0.5, 0.6) is 5.75 Å². The molecule has 0 saturated carbocycles. The van der Waals surface area contributed by atoms with E-state index in [0.717, 1.165) is 31.6 Å². The number of carbonyl (C=O) groups is 1. The molecule has 1 saturated heterocycles. The molecule has 0 N–H and O–H groups in total. The summed E-state index contributed by atoms with van der Waals surface area (Å²) in [4.78, 5) is 14.5. The number of ether oxygens (including phenoxy) is 1. The Morgan fingerprint density at radius 1 is 1.00 bits per heavy atom. The van der Waals surface area contributed by atoms with Gasteiger partial charge in [0.05, 0.1) is 10.8 Å². The van der Waals surface area contributed by atoms with Gasteiger partial charge in [-0.05, 0) is 43.5 Å². The molecule has 1 amide bonds. The molecule has 8 heteroatoms. The van der Waals surface area contributed by atoms with Crippen LogP contribution in [0, 0.1) is 0 Å². The van der Waals surface area contributed by atoms with E-state index in [1.54, 1.807) is 6.07 Å². The lowest BCUT2D eigenvalue weighted by Crippen LogP contribution is -2.36. The van der Waals surface area contributed by atoms with E-state index in [1.807, 2.05) is 58.0 Å². The van der Waals surface area contributed by atoms with Crippen LogP contribution < -0.4 is 4.74 Å². The van der Waals surface area contributed by atoms with Crippen LogP contribution in [-0.4, -0.2) is 44.4 Å². The van der Waals surface area contributed by atoms with Crippen LogP contribution in [0.15, 0.2) is 59.8 Å². The number of rotatable bonds is 7. The number of amides is 1. The van der Waals surface area contributed by atoms with Crippen molar-refractivity contribution in [1.82, 2.24) is 19.7 Å². The maximum Gasteiger partial charge on any atom is 0.233 e. The summed E-state index contributed by atoms with van der Waals surface area (Å²) in [6, 6.07) is 17.2. The average molecular weight is 443 g/mol. The van der Waals surface area contributed by atoms with Crippen molar-refractivity contribution >= 4 is 29.3 Å². The van der Waals surface area contributed by atoms with Crippen LogP contribution in [0.3, 0.4) is 0 Å². The van der Waals surface area contributed by atoms with Crippen molar-refractivity contribution in [2.24, 2.45) is 0 Å². The van der Waals surface area contributed by atoms with Gasteiger partial charge in [0, 0.05) is 18.8 Å². The molecule has 6 nitrogen and oxygen atoms in total. The number of aromatic nitrogens is 3. The van der Waals surface area contributed by atoms with Crippen LogP contribution >= 0.6 is 23.4 Å². The zero-order valence-electron chi connectivity index (χ0n) is 16.5. The lowest BCUT2D eigenvalue weighted by atomic mass is 10.1. The summed E-state index contributed by atoms with van der Waals surface area (Å²) in [7, 11) is 0. The quantitative estimate of drug-likeness (QED) is 0.500. The predicted molar refractivity (Wildman–Crippen MR) is 118 cm³/mol. The highest BCUT2D eigenvalue weighted by molar-refractivity contribution is 7.99. The second-order valence-electron chi connectivity index (χ2n) is 7.02. The number of piperidine rings is 1. The molecule has 0 radical (unpaired) electrons. The first-order valence-corrected chi connectivity index (χ1v) is 11.4. The van der Waals surface area contributed by atoms with Gasteiger partial charge in [0.25, 0.3) is 0 Å². The normalized spacial score (nSPS) is 14.0. The molecule has 0 spiro atoms. The van der Waals surface area contributed by atoms with Crippen LogP contribution in [0.25, 0.3) is 5.69 Å². The fourth-order valence-electron chi connectivity index (χ4n) is 3.39. The highest BCUT2D eigenvalue weighted by Crippen LogP contribution is 2.26. The van der Waals surface area contributed by atoms with Gasteiger partial charge in [-0.15, -0.1) is 10.2 Å². The third kappa shape index (κ3) is 4.96. The fraction of sp³-hybridized carbons (Fsp3) is 0.318. The zero-order valence-corrected chi connectivity index (χ0v) is 18.1. The average Bonchev–Trinajstić information content (AvgIpc) is 3.21. The van der Waals surface area contributed by atoms with E-state index < -0.39 is 0 Å². The molecule has 2 heterocycles. The van der Waals surface area contributed by atoms with Crippen LogP contribution in [-0.2, 0) is 11.4 Å². The van der Waals surface area contributed by atoms with E-state index in [9.17, 15) is 4.79 Å². The highest BCUT2D eigenvalue weighted by atomic mass is 35.5. The maximum absolute atomic E-state index is 12.6. The third-order valence-electron chi connectivity index (χ3n) is 4.94. The molecule has 0 aliphatic carbocycles. The molecule has 0 unspecified atom stereocenters. The summed E-state index contributed by atoms with van der Waals surface area (Å²) >= 11 is 7.60. The maximum atomic E-state index is 12.6. The summed E-state index contributed by atoms with van der Waals surface area (Å²) in [6.07, 6.45) is 3.37. The molecule has 0 atom stereocenters. The summed E-state index contributed by atoms with van der Waals surface area (Å²) in [5.41, 5.74) is 0.924. The Labute approximate surface area is 185 Å². The molecule has 1 aliphatic heterocycles. The highest BCUT2D eigenvalue weighted by Gasteiger charge is 2.20. The molecule has 30 heavy (non-hydrogen) atoms. The molecule has 3 aromatic rings. The third-order valence-corrected chi connectivity index (χ3v) is 6.17. The Bertz CT molecular complexity index is 990. The van der Waals surface area contributed by atoms with E-state index in [0.29, 0.717) is 27.5 Å². The van der Waals surface area contributed by atoms with Gasteiger partial charge < -0.3 is 9.64 Å². The van der Waals surface area contributed by atoms with Gasteiger partial charge in [-0.3, -0.25) is 9.36 Å². The van der Waals surface area contributed by atoms with Crippen molar-refractivity contribution in [2.75, 3.05) is 18.8 Å². The number of carbonyl (C=O) groups excluding carboxylic acids is 1. The number of likely N-dealkylation sites (tertiary alicyclic amines) is 1. The number of hydrogen-bond donors (Lipinski definition) is 0. The van der Waals surface area contributed by atoms with E-state index in [4.69, 9.17) is 16.3 Å². The molecule has 0 bridgehead atoms. The van der Waals surface area contributed by atoms with Crippen LogP contribution in [0.1, 0.15) is 25.1 Å². The molecule has 4 rings (SSSR count). The molecule has 156 valence electrons. The predicted octanol–water partition coefficient (Wildman–Crippen LogP) is 4.60. The number of thioether (sulfide) groups is 1. The topological polar surface area (TPSA) is 60.2 Å². The van der Waals surface area contributed by atoms with Crippen molar-refractivity contribution < 1.29 is 9.53 Å². The first kappa shape index (κ1) is 20.8. The van der Waals surface area contributed by atoms with Crippen molar-refractivity contribution in [3.8, 4) is 11.4 Å². The Morgan fingerprint density at radius 3 is 2.50 bits per heavy atom. The minimum absolute atomic E-state index is 0.149. The number of halogens is 1. The molecule has 1 aromatic heterocycles. The van der Waals surface area contributed by atoms with Crippen LogP contribution in [0.4, 0.5) is 0 Å². The summed E-state index contributed by atoms with van der Waals surface area (Å²) < 4.78 is 7.81. The van der Waals surface area contributed by atoms with E-state index in [1.165, 1.54) is 18.2 Å². The minimum Gasteiger partial charge on any atom is -0.484 e. The smallest absolute Gasteiger partial charge is 0.233 e. The number of para-hydroxylation sites is 2. The van der Waals surface area contributed by atoms with Gasteiger partial charge in [-0.2, -0.15) is 0 Å². The molecule has 1 fully saturated rings. The number of nitrogens with zero attached hydrogens (tertiary/aromatic N) is 4. The Hall–Kier alpha value is -2.51. The Morgan fingerprint density at radius 2 is 1.73 bits per heavy atom. The monoisotopic (exact) mass is 442 g/mol. The van der Waals surface area contributed by atoms with Gasteiger partial charge in [-0.1, -0.05) is 53.7 Å². The van der Waals surface area contributed by atoms with Gasteiger partial charge in [0.2, 0.25) is 5.91 Å².